The summed E-state index contributed by atoms with van der Waals surface area (Å²) in [6.07, 6.45) is 0.274. The molecule has 28 heavy (non-hydrogen) atoms. The Labute approximate surface area is 175 Å². The SMILES string of the molecule is O=C(Nc1nc(CC(=O)N2CCN(Cc3cccs3)CC2)cs1)c1cccs1. The number of aromatic nitrogens is 1. The van der Waals surface area contributed by atoms with Crippen molar-refractivity contribution in [1.29, 1.82) is 0 Å². The van der Waals surface area contributed by atoms with Crippen molar-refractivity contribution >= 4 is 51.0 Å². The topological polar surface area (TPSA) is 65.5 Å². The summed E-state index contributed by atoms with van der Waals surface area (Å²) >= 11 is 4.51. The molecule has 3 aromatic rings. The molecule has 9 heteroatoms. The Kier molecular flexibility index (Phi) is 6.16. The first kappa shape index (κ1) is 19.3. The van der Waals surface area contributed by atoms with Crippen LogP contribution in [0.4, 0.5) is 5.13 Å². The molecule has 146 valence electrons. The lowest BCUT2D eigenvalue weighted by Crippen LogP contribution is -2.48. The monoisotopic (exact) mass is 432 g/mol. The highest BCUT2D eigenvalue weighted by Gasteiger charge is 2.22. The highest BCUT2D eigenvalue weighted by atomic mass is 32.1. The molecule has 0 atom stereocenters. The highest BCUT2D eigenvalue weighted by Crippen LogP contribution is 2.19. The molecule has 2 amide bonds. The maximum atomic E-state index is 12.6. The van der Waals surface area contributed by atoms with Gasteiger partial charge in [0.2, 0.25) is 5.91 Å². The van der Waals surface area contributed by atoms with Crippen LogP contribution in [0.1, 0.15) is 20.2 Å². The van der Waals surface area contributed by atoms with Gasteiger partial charge < -0.3 is 4.90 Å². The second-order valence-corrected chi connectivity index (χ2v) is 9.33. The molecule has 3 aromatic heterocycles. The fourth-order valence-corrected chi connectivity index (χ4v) is 5.13. The summed E-state index contributed by atoms with van der Waals surface area (Å²) in [4.78, 5) is 35.4. The van der Waals surface area contributed by atoms with Crippen molar-refractivity contribution in [2.24, 2.45) is 0 Å². The van der Waals surface area contributed by atoms with Gasteiger partial charge in [0, 0.05) is 43.0 Å². The van der Waals surface area contributed by atoms with E-state index in [4.69, 9.17) is 0 Å². The molecule has 0 aliphatic carbocycles. The van der Waals surface area contributed by atoms with Gasteiger partial charge >= 0.3 is 0 Å². The lowest BCUT2D eigenvalue weighted by molar-refractivity contribution is -0.132. The number of anilines is 1. The van der Waals surface area contributed by atoms with E-state index in [0.717, 1.165) is 32.7 Å². The number of piperazine rings is 1. The molecule has 0 unspecified atom stereocenters. The molecule has 0 spiro atoms. The van der Waals surface area contributed by atoms with Crippen molar-refractivity contribution < 1.29 is 9.59 Å². The van der Waals surface area contributed by atoms with Crippen molar-refractivity contribution in [2.45, 2.75) is 13.0 Å². The second-order valence-electron chi connectivity index (χ2n) is 6.49. The molecule has 0 aromatic carbocycles. The molecule has 0 bridgehead atoms. The van der Waals surface area contributed by atoms with E-state index >= 15 is 0 Å². The Morgan fingerprint density at radius 3 is 2.54 bits per heavy atom. The Hall–Kier alpha value is -2.07. The fraction of sp³-hybridized carbons (Fsp3) is 0.316. The van der Waals surface area contributed by atoms with Crippen molar-refractivity contribution in [3.05, 3.63) is 55.9 Å². The first-order chi connectivity index (χ1) is 13.7. The molecule has 0 radical (unpaired) electrons. The molecule has 4 rings (SSSR count). The number of thiophene rings is 2. The van der Waals surface area contributed by atoms with Crippen molar-refractivity contribution in [3.63, 3.8) is 0 Å². The minimum atomic E-state index is -0.163. The van der Waals surface area contributed by atoms with Crippen LogP contribution in [0.3, 0.4) is 0 Å². The Morgan fingerprint density at radius 1 is 1.04 bits per heavy atom. The van der Waals surface area contributed by atoms with Crippen molar-refractivity contribution in [1.82, 2.24) is 14.8 Å². The number of carbonyl (C=O) groups is 2. The maximum Gasteiger partial charge on any atom is 0.267 e. The average Bonchev–Trinajstić information content (AvgIpc) is 3.45. The van der Waals surface area contributed by atoms with E-state index < -0.39 is 0 Å². The standard InChI is InChI=1S/C19H20N4O2S3/c24-17(23-7-5-22(6-8-23)12-15-3-1-9-26-15)11-14-13-28-19(20-14)21-18(25)16-4-2-10-27-16/h1-4,9-10,13H,5-8,11-12H2,(H,20,21,25). The van der Waals surface area contributed by atoms with Gasteiger partial charge in [-0.2, -0.15) is 0 Å². The molecule has 1 aliphatic rings. The number of hydrogen-bond donors (Lipinski definition) is 1. The molecule has 1 fully saturated rings. The van der Waals surface area contributed by atoms with Crippen LogP contribution < -0.4 is 5.32 Å². The number of nitrogens with zero attached hydrogens (tertiary/aromatic N) is 3. The lowest BCUT2D eigenvalue weighted by atomic mass is 10.2. The number of nitrogens with one attached hydrogen (secondary N) is 1. The maximum absolute atomic E-state index is 12.6. The van der Waals surface area contributed by atoms with Gasteiger partial charge in [0.25, 0.3) is 5.91 Å². The third-order valence-corrected chi connectivity index (χ3v) is 7.07. The smallest absolute Gasteiger partial charge is 0.267 e. The van der Waals surface area contributed by atoms with Crippen LogP contribution in [0.5, 0.6) is 0 Å². The summed E-state index contributed by atoms with van der Waals surface area (Å²) in [6.45, 7) is 4.23. The average molecular weight is 433 g/mol. The number of rotatable bonds is 6. The van der Waals surface area contributed by atoms with Crippen LogP contribution in [0.15, 0.2) is 40.4 Å². The van der Waals surface area contributed by atoms with E-state index in [1.807, 2.05) is 21.7 Å². The molecule has 0 saturated carbocycles. The minimum Gasteiger partial charge on any atom is -0.340 e. The summed E-state index contributed by atoms with van der Waals surface area (Å²) < 4.78 is 0. The zero-order valence-corrected chi connectivity index (χ0v) is 17.6. The number of amides is 2. The van der Waals surface area contributed by atoms with Gasteiger partial charge in [-0.25, -0.2) is 4.98 Å². The Balaban J connectivity index is 1.25. The van der Waals surface area contributed by atoms with Gasteiger partial charge in [0.05, 0.1) is 17.0 Å². The predicted molar refractivity (Wildman–Crippen MR) is 114 cm³/mol. The first-order valence-electron chi connectivity index (χ1n) is 8.99. The largest absolute Gasteiger partial charge is 0.340 e. The zero-order chi connectivity index (χ0) is 19.3. The van der Waals surface area contributed by atoms with E-state index in [9.17, 15) is 9.59 Å². The third kappa shape index (κ3) is 4.85. The van der Waals surface area contributed by atoms with Crippen LogP contribution in [0.25, 0.3) is 0 Å². The number of hydrogen-bond acceptors (Lipinski definition) is 7. The first-order valence-corrected chi connectivity index (χ1v) is 11.6. The molecular formula is C19H20N4O2S3. The number of thiazole rings is 1. The molecule has 4 heterocycles. The Bertz CT molecular complexity index is 913. The minimum absolute atomic E-state index is 0.0946. The van der Waals surface area contributed by atoms with Gasteiger partial charge in [0.15, 0.2) is 5.13 Å². The van der Waals surface area contributed by atoms with Gasteiger partial charge in [-0.15, -0.1) is 34.0 Å². The normalized spacial score (nSPS) is 14.9. The summed E-state index contributed by atoms with van der Waals surface area (Å²) in [6, 6.07) is 7.84. The van der Waals surface area contributed by atoms with E-state index in [1.54, 1.807) is 17.4 Å². The molecule has 6 nitrogen and oxygen atoms in total. The van der Waals surface area contributed by atoms with E-state index in [-0.39, 0.29) is 18.2 Å². The second kappa shape index (κ2) is 8.95. The highest BCUT2D eigenvalue weighted by molar-refractivity contribution is 7.14. The lowest BCUT2D eigenvalue weighted by Gasteiger charge is -2.34. The third-order valence-electron chi connectivity index (χ3n) is 4.53. The van der Waals surface area contributed by atoms with Crippen molar-refractivity contribution in [2.75, 3.05) is 31.5 Å². The van der Waals surface area contributed by atoms with Crippen LogP contribution in [0, 0.1) is 0 Å². The zero-order valence-electron chi connectivity index (χ0n) is 15.2. The summed E-state index contributed by atoms with van der Waals surface area (Å²) in [5.74, 6) is -0.0682. The number of carbonyl (C=O) groups excluding carboxylic acids is 2. The van der Waals surface area contributed by atoms with Crippen LogP contribution in [-0.2, 0) is 17.8 Å². The van der Waals surface area contributed by atoms with Crippen LogP contribution >= 0.6 is 34.0 Å². The summed E-state index contributed by atoms with van der Waals surface area (Å²) in [5.41, 5.74) is 0.706. The van der Waals surface area contributed by atoms with Gasteiger partial charge in [-0.3, -0.25) is 19.8 Å². The molecule has 1 saturated heterocycles. The van der Waals surface area contributed by atoms with Crippen LogP contribution in [0.2, 0.25) is 0 Å². The molecular weight excluding hydrogens is 412 g/mol. The van der Waals surface area contributed by atoms with Gasteiger partial charge in [-0.1, -0.05) is 12.1 Å². The molecule has 1 N–H and O–H groups in total. The van der Waals surface area contributed by atoms with Crippen molar-refractivity contribution in [3.8, 4) is 0 Å². The van der Waals surface area contributed by atoms with E-state index in [1.165, 1.54) is 27.6 Å². The summed E-state index contributed by atoms with van der Waals surface area (Å²) in [5, 5.41) is 9.12. The van der Waals surface area contributed by atoms with E-state index in [0.29, 0.717) is 15.7 Å². The quantitative estimate of drug-likeness (QED) is 0.648. The fourth-order valence-electron chi connectivity index (χ4n) is 3.06. The van der Waals surface area contributed by atoms with E-state index in [2.05, 4.69) is 32.7 Å². The van der Waals surface area contributed by atoms with Crippen LogP contribution in [-0.4, -0.2) is 52.8 Å². The molecule has 1 aliphatic heterocycles. The van der Waals surface area contributed by atoms with Gasteiger partial charge in [-0.05, 0) is 22.9 Å². The predicted octanol–water partition coefficient (Wildman–Crippen LogP) is 3.41. The Morgan fingerprint density at radius 2 is 1.82 bits per heavy atom. The summed E-state index contributed by atoms with van der Waals surface area (Å²) in [7, 11) is 0. The van der Waals surface area contributed by atoms with Gasteiger partial charge in [0.1, 0.15) is 0 Å².